The van der Waals surface area contributed by atoms with E-state index in [1.807, 2.05) is 19.9 Å². The molecule has 0 heterocycles. The zero-order valence-corrected chi connectivity index (χ0v) is 14.3. The second-order valence-electron chi connectivity index (χ2n) is 6.72. The van der Waals surface area contributed by atoms with Crippen molar-refractivity contribution in [2.75, 3.05) is 20.2 Å². The zero-order valence-electron chi connectivity index (χ0n) is 14.3. The molecular formula is C20H23NO3. The van der Waals surface area contributed by atoms with Crippen molar-refractivity contribution in [3.8, 4) is 0 Å². The van der Waals surface area contributed by atoms with Crippen LogP contribution in [0.4, 0.5) is 0 Å². The lowest BCUT2D eigenvalue weighted by molar-refractivity contribution is 0.0660. The van der Waals surface area contributed by atoms with Crippen molar-refractivity contribution in [3.63, 3.8) is 0 Å². The van der Waals surface area contributed by atoms with Crippen LogP contribution in [-0.4, -0.2) is 41.9 Å². The van der Waals surface area contributed by atoms with E-state index in [0.29, 0.717) is 23.2 Å². The maximum Gasteiger partial charge on any atom is 0.254 e. The zero-order chi connectivity index (χ0) is 17.7. The van der Waals surface area contributed by atoms with Gasteiger partial charge < -0.3 is 10.0 Å². The summed E-state index contributed by atoms with van der Waals surface area (Å²) in [5, 5.41) is 9.39. The minimum absolute atomic E-state index is 0.0186. The van der Waals surface area contributed by atoms with Crippen LogP contribution < -0.4 is 0 Å². The summed E-state index contributed by atoms with van der Waals surface area (Å²) in [6, 6.07) is 15.8. The molecule has 1 N–H and O–H groups in total. The number of carbonyl (C=O) groups is 2. The van der Waals surface area contributed by atoms with Gasteiger partial charge in [-0.1, -0.05) is 62.4 Å². The number of amides is 1. The number of hydrogen-bond acceptors (Lipinski definition) is 3. The first-order valence-electron chi connectivity index (χ1n) is 7.91. The van der Waals surface area contributed by atoms with Gasteiger partial charge in [-0.25, -0.2) is 0 Å². The summed E-state index contributed by atoms with van der Waals surface area (Å²) in [6.07, 6.45) is 0. The third-order valence-electron chi connectivity index (χ3n) is 3.88. The van der Waals surface area contributed by atoms with Crippen molar-refractivity contribution >= 4 is 11.7 Å². The molecule has 2 aromatic rings. The average molecular weight is 325 g/mol. The molecule has 0 saturated carbocycles. The average Bonchev–Trinajstić information content (AvgIpc) is 2.60. The van der Waals surface area contributed by atoms with Gasteiger partial charge in [-0.2, -0.15) is 0 Å². The fraction of sp³-hybridized carbons (Fsp3) is 0.300. The Morgan fingerprint density at radius 1 is 0.958 bits per heavy atom. The van der Waals surface area contributed by atoms with Crippen molar-refractivity contribution in [2.24, 2.45) is 5.41 Å². The van der Waals surface area contributed by atoms with E-state index >= 15 is 0 Å². The first-order valence-corrected chi connectivity index (χ1v) is 7.91. The third-order valence-corrected chi connectivity index (χ3v) is 3.88. The smallest absolute Gasteiger partial charge is 0.254 e. The Bertz CT molecular complexity index is 723. The van der Waals surface area contributed by atoms with Crippen molar-refractivity contribution in [2.45, 2.75) is 13.8 Å². The number of ketones is 1. The fourth-order valence-corrected chi connectivity index (χ4v) is 2.58. The van der Waals surface area contributed by atoms with Crippen LogP contribution in [0.2, 0.25) is 0 Å². The summed E-state index contributed by atoms with van der Waals surface area (Å²) in [5.41, 5.74) is 0.920. The fourth-order valence-electron chi connectivity index (χ4n) is 2.58. The minimum Gasteiger partial charge on any atom is -0.396 e. The Morgan fingerprint density at radius 2 is 1.50 bits per heavy atom. The summed E-state index contributed by atoms with van der Waals surface area (Å²) in [4.78, 5) is 27.1. The number of rotatable bonds is 6. The molecule has 0 spiro atoms. The van der Waals surface area contributed by atoms with E-state index in [9.17, 15) is 14.7 Å². The summed E-state index contributed by atoms with van der Waals surface area (Å²) in [7, 11) is 1.68. The Hall–Kier alpha value is -2.46. The predicted molar refractivity (Wildman–Crippen MR) is 94.1 cm³/mol. The lowest BCUT2D eigenvalue weighted by Gasteiger charge is -2.29. The lowest BCUT2D eigenvalue weighted by atomic mass is 9.93. The Kier molecular flexibility index (Phi) is 5.52. The molecule has 4 nitrogen and oxygen atoms in total. The Morgan fingerprint density at radius 3 is 2.08 bits per heavy atom. The quantitative estimate of drug-likeness (QED) is 0.831. The number of aliphatic hydroxyl groups excluding tert-OH is 1. The van der Waals surface area contributed by atoms with E-state index in [4.69, 9.17) is 0 Å². The van der Waals surface area contributed by atoms with Gasteiger partial charge in [-0.05, 0) is 6.07 Å². The molecule has 0 aliphatic rings. The largest absolute Gasteiger partial charge is 0.396 e. The van der Waals surface area contributed by atoms with Gasteiger partial charge in [-0.3, -0.25) is 9.59 Å². The van der Waals surface area contributed by atoms with E-state index in [-0.39, 0.29) is 18.3 Å². The molecule has 0 atom stereocenters. The highest BCUT2D eigenvalue weighted by atomic mass is 16.3. The molecule has 0 bridgehead atoms. The van der Waals surface area contributed by atoms with Gasteiger partial charge in [0.05, 0.1) is 5.56 Å². The van der Waals surface area contributed by atoms with Gasteiger partial charge in [0.25, 0.3) is 5.91 Å². The molecule has 2 rings (SSSR count). The molecule has 126 valence electrons. The number of benzene rings is 2. The molecule has 0 radical (unpaired) electrons. The maximum absolute atomic E-state index is 12.8. The molecule has 4 heteroatoms. The van der Waals surface area contributed by atoms with Crippen LogP contribution in [-0.2, 0) is 0 Å². The van der Waals surface area contributed by atoms with Gasteiger partial charge in [-0.15, -0.1) is 0 Å². The highest BCUT2D eigenvalue weighted by molar-refractivity contribution is 6.15. The van der Waals surface area contributed by atoms with E-state index < -0.39 is 5.41 Å². The number of hydrogen-bond donors (Lipinski definition) is 1. The SMILES string of the molecule is CN(CC(C)(C)CO)C(=O)c1ccccc1C(=O)c1ccccc1. The third kappa shape index (κ3) is 4.09. The van der Waals surface area contributed by atoms with E-state index in [2.05, 4.69) is 0 Å². The molecular weight excluding hydrogens is 302 g/mol. The topological polar surface area (TPSA) is 57.6 Å². The Balaban J connectivity index is 2.32. The maximum atomic E-state index is 12.8. The van der Waals surface area contributed by atoms with Gasteiger partial charge in [0.1, 0.15) is 0 Å². The summed E-state index contributed by atoms with van der Waals surface area (Å²) in [6.45, 7) is 4.15. The first-order chi connectivity index (χ1) is 11.4. The normalized spacial score (nSPS) is 11.2. The van der Waals surface area contributed by atoms with E-state index in [1.165, 1.54) is 0 Å². The van der Waals surface area contributed by atoms with Crippen molar-refractivity contribution in [1.29, 1.82) is 0 Å². The minimum atomic E-state index is -0.400. The van der Waals surface area contributed by atoms with Crippen molar-refractivity contribution < 1.29 is 14.7 Å². The summed E-state index contributed by atoms with van der Waals surface area (Å²) < 4.78 is 0. The van der Waals surface area contributed by atoms with Gasteiger partial charge in [0.15, 0.2) is 5.78 Å². The standard InChI is InChI=1S/C20H23NO3/c1-20(2,14-22)13-21(3)19(24)17-12-8-7-11-16(17)18(23)15-9-5-4-6-10-15/h4-12,22H,13-14H2,1-3H3. The van der Waals surface area contributed by atoms with Crippen LogP contribution in [0.1, 0.15) is 40.1 Å². The molecule has 0 aromatic heterocycles. The van der Waals surface area contributed by atoms with Gasteiger partial charge in [0, 0.05) is 36.7 Å². The summed E-state index contributed by atoms with van der Waals surface area (Å²) in [5.74, 6) is -0.397. The summed E-state index contributed by atoms with van der Waals surface area (Å²) >= 11 is 0. The number of carbonyl (C=O) groups excluding carboxylic acids is 2. The molecule has 0 saturated heterocycles. The second kappa shape index (κ2) is 7.41. The van der Waals surface area contributed by atoms with Gasteiger partial charge >= 0.3 is 0 Å². The van der Waals surface area contributed by atoms with Crippen LogP contribution in [0, 0.1) is 5.41 Å². The monoisotopic (exact) mass is 325 g/mol. The van der Waals surface area contributed by atoms with Crippen molar-refractivity contribution in [1.82, 2.24) is 4.90 Å². The van der Waals surface area contributed by atoms with Crippen LogP contribution in [0.3, 0.4) is 0 Å². The number of aliphatic hydroxyl groups is 1. The lowest BCUT2D eigenvalue weighted by Crippen LogP contribution is -2.38. The highest BCUT2D eigenvalue weighted by Gasteiger charge is 2.25. The first kappa shape index (κ1) is 17.9. The second-order valence-corrected chi connectivity index (χ2v) is 6.72. The van der Waals surface area contributed by atoms with Crippen molar-refractivity contribution in [3.05, 3.63) is 71.3 Å². The van der Waals surface area contributed by atoms with Crippen LogP contribution in [0.25, 0.3) is 0 Å². The predicted octanol–water partition coefficient (Wildman–Crippen LogP) is 3.01. The van der Waals surface area contributed by atoms with E-state index in [1.54, 1.807) is 60.5 Å². The molecule has 0 fully saturated rings. The molecule has 2 aromatic carbocycles. The molecule has 0 aliphatic carbocycles. The van der Waals surface area contributed by atoms with Gasteiger partial charge in [0.2, 0.25) is 0 Å². The number of nitrogens with zero attached hydrogens (tertiary/aromatic N) is 1. The highest BCUT2D eigenvalue weighted by Crippen LogP contribution is 2.20. The van der Waals surface area contributed by atoms with Crippen LogP contribution in [0.5, 0.6) is 0 Å². The molecule has 1 amide bonds. The Labute approximate surface area is 142 Å². The van der Waals surface area contributed by atoms with Crippen LogP contribution >= 0.6 is 0 Å². The van der Waals surface area contributed by atoms with E-state index in [0.717, 1.165) is 0 Å². The van der Waals surface area contributed by atoms with Crippen LogP contribution in [0.15, 0.2) is 54.6 Å². The molecule has 0 unspecified atom stereocenters. The molecule has 0 aliphatic heterocycles. The molecule has 24 heavy (non-hydrogen) atoms.